The number of aromatic nitrogens is 2. The van der Waals surface area contributed by atoms with E-state index in [1.54, 1.807) is 25.6 Å². The van der Waals surface area contributed by atoms with Crippen molar-refractivity contribution < 1.29 is 18.7 Å². The number of amides is 1. The summed E-state index contributed by atoms with van der Waals surface area (Å²) < 4.78 is 16.1. The van der Waals surface area contributed by atoms with Crippen LogP contribution >= 0.6 is 11.3 Å². The van der Waals surface area contributed by atoms with Crippen molar-refractivity contribution in [3.8, 4) is 27.9 Å². The maximum atomic E-state index is 13.1. The molecule has 4 aromatic rings. The predicted molar refractivity (Wildman–Crippen MR) is 118 cm³/mol. The third kappa shape index (κ3) is 4.99. The van der Waals surface area contributed by atoms with Crippen molar-refractivity contribution in [1.82, 2.24) is 15.3 Å². The standard InChI is InChI=1S/C23H21N3O4S/c1-28-13-14-30-22-17(9-5-11-24-22)15-25-21(27)20-19(16-7-3-2-4-8-16)26-23(31-20)18-10-6-12-29-18/h2-12H,13-15H2,1H3,(H,25,27). The minimum Gasteiger partial charge on any atom is -0.475 e. The highest BCUT2D eigenvalue weighted by Crippen LogP contribution is 2.34. The topological polar surface area (TPSA) is 86.5 Å². The van der Waals surface area contributed by atoms with E-state index in [9.17, 15) is 4.79 Å². The molecule has 0 atom stereocenters. The van der Waals surface area contributed by atoms with Crippen LogP contribution < -0.4 is 10.1 Å². The number of nitrogens with zero attached hydrogens (tertiary/aromatic N) is 2. The molecule has 0 unspecified atom stereocenters. The number of methoxy groups -OCH3 is 1. The van der Waals surface area contributed by atoms with Crippen LogP contribution in [0.25, 0.3) is 22.0 Å². The molecular formula is C23H21N3O4S. The third-order valence-corrected chi connectivity index (χ3v) is 5.50. The van der Waals surface area contributed by atoms with Gasteiger partial charge < -0.3 is 19.2 Å². The smallest absolute Gasteiger partial charge is 0.263 e. The van der Waals surface area contributed by atoms with Crippen LogP contribution in [-0.4, -0.2) is 36.2 Å². The summed E-state index contributed by atoms with van der Waals surface area (Å²) in [4.78, 5) is 22.6. The first kappa shape index (κ1) is 20.8. The van der Waals surface area contributed by atoms with Crippen molar-refractivity contribution in [1.29, 1.82) is 0 Å². The first-order valence-electron chi connectivity index (χ1n) is 9.70. The molecule has 7 nitrogen and oxygen atoms in total. The molecule has 158 valence electrons. The Balaban J connectivity index is 1.56. The first-order chi connectivity index (χ1) is 15.3. The van der Waals surface area contributed by atoms with Gasteiger partial charge in [0.2, 0.25) is 5.88 Å². The molecule has 0 spiro atoms. The van der Waals surface area contributed by atoms with Crippen molar-refractivity contribution >= 4 is 17.2 Å². The number of nitrogens with one attached hydrogen (secondary N) is 1. The number of hydrogen-bond donors (Lipinski definition) is 1. The van der Waals surface area contributed by atoms with Gasteiger partial charge in [-0.1, -0.05) is 36.4 Å². The van der Waals surface area contributed by atoms with Crippen molar-refractivity contribution in [3.05, 3.63) is 77.5 Å². The van der Waals surface area contributed by atoms with E-state index in [0.29, 0.717) is 40.4 Å². The van der Waals surface area contributed by atoms with Crippen LogP contribution in [-0.2, 0) is 11.3 Å². The van der Waals surface area contributed by atoms with E-state index in [1.165, 1.54) is 11.3 Å². The molecule has 8 heteroatoms. The zero-order chi connectivity index (χ0) is 21.5. The summed E-state index contributed by atoms with van der Waals surface area (Å²) in [6, 6.07) is 16.9. The number of pyridine rings is 1. The predicted octanol–water partition coefficient (Wildman–Crippen LogP) is 4.42. The Bertz CT molecular complexity index is 1130. The summed E-state index contributed by atoms with van der Waals surface area (Å²) >= 11 is 1.30. The van der Waals surface area contributed by atoms with E-state index < -0.39 is 0 Å². The number of carbonyl (C=O) groups is 1. The van der Waals surface area contributed by atoms with Crippen LogP contribution in [0.5, 0.6) is 5.88 Å². The molecule has 0 radical (unpaired) electrons. The lowest BCUT2D eigenvalue weighted by Gasteiger charge is -2.10. The zero-order valence-corrected chi connectivity index (χ0v) is 17.7. The fraction of sp³-hybridized carbons (Fsp3) is 0.174. The molecule has 0 aliphatic carbocycles. The molecule has 0 bridgehead atoms. The Labute approximate surface area is 183 Å². The molecule has 31 heavy (non-hydrogen) atoms. The van der Waals surface area contributed by atoms with E-state index in [1.807, 2.05) is 48.5 Å². The number of furan rings is 1. The van der Waals surface area contributed by atoms with Crippen LogP contribution in [0.2, 0.25) is 0 Å². The molecule has 3 aromatic heterocycles. The summed E-state index contributed by atoms with van der Waals surface area (Å²) in [5.74, 6) is 0.881. The quantitative estimate of drug-likeness (QED) is 0.392. The molecule has 1 N–H and O–H groups in total. The summed E-state index contributed by atoms with van der Waals surface area (Å²) in [5, 5.41) is 3.62. The maximum Gasteiger partial charge on any atom is 0.263 e. The lowest BCUT2D eigenvalue weighted by Crippen LogP contribution is -2.23. The van der Waals surface area contributed by atoms with Crippen LogP contribution in [0.1, 0.15) is 15.2 Å². The van der Waals surface area contributed by atoms with E-state index in [0.717, 1.165) is 11.1 Å². The second-order valence-electron chi connectivity index (χ2n) is 6.53. The molecular weight excluding hydrogens is 414 g/mol. The normalized spacial score (nSPS) is 10.7. The Hall–Kier alpha value is -3.49. The van der Waals surface area contributed by atoms with Gasteiger partial charge in [-0.3, -0.25) is 4.79 Å². The van der Waals surface area contributed by atoms with Gasteiger partial charge in [-0.25, -0.2) is 9.97 Å². The zero-order valence-electron chi connectivity index (χ0n) is 16.9. The largest absolute Gasteiger partial charge is 0.475 e. The van der Waals surface area contributed by atoms with Gasteiger partial charge in [-0.05, 0) is 18.2 Å². The van der Waals surface area contributed by atoms with Gasteiger partial charge in [0.1, 0.15) is 11.5 Å². The fourth-order valence-electron chi connectivity index (χ4n) is 2.94. The molecule has 0 saturated carbocycles. The molecule has 1 aromatic carbocycles. The van der Waals surface area contributed by atoms with E-state index in [4.69, 9.17) is 13.9 Å². The Morgan fingerprint density at radius 3 is 2.74 bits per heavy atom. The van der Waals surface area contributed by atoms with Crippen molar-refractivity contribution in [2.45, 2.75) is 6.54 Å². The van der Waals surface area contributed by atoms with E-state index >= 15 is 0 Å². The fourth-order valence-corrected chi connectivity index (χ4v) is 3.91. The number of carbonyl (C=O) groups excluding carboxylic acids is 1. The lowest BCUT2D eigenvalue weighted by atomic mass is 10.1. The van der Waals surface area contributed by atoms with Crippen LogP contribution in [0, 0.1) is 0 Å². The van der Waals surface area contributed by atoms with Crippen LogP contribution in [0.4, 0.5) is 0 Å². The van der Waals surface area contributed by atoms with Crippen LogP contribution in [0.3, 0.4) is 0 Å². The minimum atomic E-state index is -0.221. The molecule has 1 amide bonds. The second kappa shape index (κ2) is 10.0. The SMILES string of the molecule is COCCOc1ncccc1CNC(=O)c1sc(-c2ccco2)nc1-c1ccccc1. The summed E-state index contributed by atoms with van der Waals surface area (Å²) in [6.07, 6.45) is 3.24. The average Bonchev–Trinajstić information content (AvgIpc) is 3.49. The number of ether oxygens (including phenoxy) is 2. The lowest BCUT2D eigenvalue weighted by molar-refractivity contribution is 0.0954. The second-order valence-corrected chi connectivity index (χ2v) is 7.53. The molecule has 0 aliphatic heterocycles. The highest BCUT2D eigenvalue weighted by atomic mass is 32.1. The minimum absolute atomic E-state index is 0.221. The molecule has 0 aliphatic rings. The molecule has 0 saturated heterocycles. The highest BCUT2D eigenvalue weighted by molar-refractivity contribution is 7.17. The van der Waals surface area contributed by atoms with Gasteiger partial charge in [0.25, 0.3) is 5.91 Å². The monoisotopic (exact) mass is 435 g/mol. The molecule has 0 fully saturated rings. The average molecular weight is 436 g/mol. The van der Waals surface area contributed by atoms with Gasteiger partial charge in [0.15, 0.2) is 10.8 Å². The number of thiazole rings is 1. The number of rotatable bonds is 9. The Morgan fingerprint density at radius 1 is 1.10 bits per heavy atom. The van der Waals surface area contributed by atoms with Crippen molar-refractivity contribution in [2.24, 2.45) is 0 Å². The highest BCUT2D eigenvalue weighted by Gasteiger charge is 2.21. The number of benzene rings is 1. The Morgan fingerprint density at radius 2 is 1.97 bits per heavy atom. The van der Waals surface area contributed by atoms with Gasteiger partial charge >= 0.3 is 0 Å². The van der Waals surface area contributed by atoms with Gasteiger partial charge in [-0.2, -0.15) is 0 Å². The first-order valence-corrected chi connectivity index (χ1v) is 10.5. The van der Waals surface area contributed by atoms with Crippen molar-refractivity contribution in [2.75, 3.05) is 20.3 Å². The summed E-state index contributed by atoms with van der Waals surface area (Å²) in [6.45, 7) is 1.12. The Kier molecular flexibility index (Phi) is 6.71. The van der Waals surface area contributed by atoms with Gasteiger partial charge in [-0.15, -0.1) is 11.3 Å². The maximum absolute atomic E-state index is 13.1. The summed E-state index contributed by atoms with van der Waals surface area (Å²) in [5.41, 5.74) is 2.27. The number of hydrogen-bond acceptors (Lipinski definition) is 7. The summed E-state index contributed by atoms with van der Waals surface area (Å²) in [7, 11) is 1.61. The molecule has 4 rings (SSSR count). The van der Waals surface area contributed by atoms with Gasteiger partial charge in [0, 0.05) is 31.0 Å². The van der Waals surface area contributed by atoms with E-state index in [2.05, 4.69) is 15.3 Å². The van der Waals surface area contributed by atoms with Crippen molar-refractivity contribution in [3.63, 3.8) is 0 Å². The van der Waals surface area contributed by atoms with Gasteiger partial charge in [0.05, 0.1) is 18.6 Å². The van der Waals surface area contributed by atoms with E-state index in [-0.39, 0.29) is 12.5 Å². The van der Waals surface area contributed by atoms with Crippen LogP contribution in [0.15, 0.2) is 71.5 Å². The third-order valence-electron chi connectivity index (χ3n) is 4.43. The molecule has 3 heterocycles.